The monoisotopic (exact) mass is 437 g/mol. The number of nitrogens with one attached hydrogen (secondary N) is 1. The standard InChI is InChI=1S/C22H20FN5O2S/c1-13-7-8-25-10-17(13)16-9-19-18(21(24)20(16)23)11-26-22(28-19)27-15-5-3-14(4-6-15)12-31(2,29)30/h3-11H,12,24H2,1-2H3,(H,26,27,28). The summed E-state index contributed by atoms with van der Waals surface area (Å²) in [5.74, 6) is -0.251. The minimum atomic E-state index is -3.10. The van der Waals surface area contributed by atoms with Gasteiger partial charge in [0.2, 0.25) is 5.95 Å². The number of pyridine rings is 1. The van der Waals surface area contributed by atoms with Gasteiger partial charge < -0.3 is 11.1 Å². The van der Waals surface area contributed by atoms with Crippen molar-refractivity contribution in [2.24, 2.45) is 0 Å². The zero-order chi connectivity index (χ0) is 22.2. The van der Waals surface area contributed by atoms with Crippen molar-refractivity contribution in [3.63, 3.8) is 0 Å². The minimum Gasteiger partial charge on any atom is -0.396 e. The molecular formula is C22H20FN5O2S. The van der Waals surface area contributed by atoms with Gasteiger partial charge in [0.15, 0.2) is 15.7 Å². The first-order valence-electron chi connectivity index (χ1n) is 9.40. The zero-order valence-corrected chi connectivity index (χ0v) is 17.7. The summed E-state index contributed by atoms with van der Waals surface area (Å²) in [4.78, 5) is 12.8. The Balaban J connectivity index is 1.69. The van der Waals surface area contributed by atoms with Crippen LogP contribution in [-0.2, 0) is 15.6 Å². The number of aromatic nitrogens is 3. The molecule has 0 atom stereocenters. The number of anilines is 3. The molecule has 2 aromatic heterocycles. The van der Waals surface area contributed by atoms with Crippen molar-refractivity contribution in [2.45, 2.75) is 12.7 Å². The van der Waals surface area contributed by atoms with Crippen LogP contribution in [0.1, 0.15) is 11.1 Å². The molecule has 0 aliphatic carbocycles. The fourth-order valence-electron chi connectivity index (χ4n) is 3.29. The molecule has 0 fully saturated rings. The molecule has 0 saturated heterocycles. The summed E-state index contributed by atoms with van der Waals surface area (Å²) in [6.45, 7) is 1.87. The van der Waals surface area contributed by atoms with Gasteiger partial charge >= 0.3 is 0 Å². The van der Waals surface area contributed by atoms with Gasteiger partial charge in [-0.15, -0.1) is 0 Å². The number of hydrogen-bond acceptors (Lipinski definition) is 7. The van der Waals surface area contributed by atoms with Gasteiger partial charge in [-0.2, -0.15) is 0 Å². The zero-order valence-electron chi connectivity index (χ0n) is 16.9. The lowest BCUT2D eigenvalue weighted by Gasteiger charge is -2.12. The minimum absolute atomic E-state index is 0.0209. The van der Waals surface area contributed by atoms with Crippen molar-refractivity contribution in [3.8, 4) is 11.1 Å². The van der Waals surface area contributed by atoms with Crippen LogP contribution in [0.3, 0.4) is 0 Å². The smallest absolute Gasteiger partial charge is 0.227 e. The Hall–Kier alpha value is -3.59. The van der Waals surface area contributed by atoms with Crippen molar-refractivity contribution in [3.05, 3.63) is 71.9 Å². The average molecular weight is 438 g/mol. The van der Waals surface area contributed by atoms with Gasteiger partial charge in [0.1, 0.15) is 0 Å². The van der Waals surface area contributed by atoms with E-state index in [2.05, 4.69) is 20.3 Å². The Labute approximate surface area is 179 Å². The lowest BCUT2D eigenvalue weighted by molar-refractivity contribution is 0.601. The number of fused-ring (bicyclic) bond motifs is 1. The molecule has 0 amide bonds. The summed E-state index contributed by atoms with van der Waals surface area (Å²) in [5.41, 5.74) is 9.71. The molecule has 3 N–H and O–H groups in total. The van der Waals surface area contributed by atoms with Crippen LogP contribution in [0.25, 0.3) is 22.0 Å². The van der Waals surface area contributed by atoms with E-state index in [1.165, 1.54) is 12.5 Å². The molecule has 0 unspecified atom stereocenters. The second kappa shape index (κ2) is 7.92. The molecule has 0 spiro atoms. The third-order valence-electron chi connectivity index (χ3n) is 4.83. The maximum absolute atomic E-state index is 14.9. The molecule has 31 heavy (non-hydrogen) atoms. The fraction of sp³-hybridized carbons (Fsp3) is 0.136. The third kappa shape index (κ3) is 4.46. The van der Waals surface area contributed by atoms with Crippen LogP contribution in [0.5, 0.6) is 0 Å². The van der Waals surface area contributed by atoms with Crippen molar-refractivity contribution in [1.29, 1.82) is 0 Å². The summed E-state index contributed by atoms with van der Waals surface area (Å²) in [5, 5.41) is 3.49. The van der Waals surface area contributed by atoms with E-state index in [0.29, 0.717) is 39.2 Å². The van der Waals surface area contributed by atoms with Crippen LogP contribution in [0.4, 0.5) is 21.7 Å². The summed E-state index contributed by atoms with van der Waals surface area (Å²) in [7, 11) is -3.10. The van der Waals surface area contributed by atoms with E-state index in [0.717, 1.165) is 5.56 Å². The second-order valence-electron chi connectivity index (χ2n) is 7.36. The van der Waals surface area contributed by atoms with Crippen LogP contribution < -0.4 is 11.1 Å². The van der Waals surface area contributed by atoms with Gasteiger partial charge in [0.25, 0.3) is 0 Å². The predicted molar refractivity (Wildman–Crippen MR) is 120 cm³/mol. The molecule has 0 radical (unpaired) electrons. The maximum atomic E-state index is 14.9. The summed E-state index contributed by atoms with van der Waals surface area (Å²) < 4.78 is 37.8. The van der Waals surface area contributed by atoms with Gasteiger partial charge in [-0.25, -0.2) is 22.8 Å². The molecule has 0 aliphatic rings. The summed E-state index contributed by atoms with van der Waals surface area (Å²) in [6, 6.07) is 10.4. The van der Waals surface area contributed by atoms with E-state index in [4.69, 9.17) is 5.73 Å². The molecule has 2 heterocycles. The molecule has 158 valence electrons. The van der Waals surface area contributed by atoms with E-state index < -0.39 is 15.7 Å². The lowest BCUT2D eigenvalue weighted by Crippen LogP contribution is -2.02. The number of aryl methyl sites for hydroxylation is 1. The van der Waals surface area contributed by atoms with Gasteiger partial charge in [-0.3, -0.25) is 4.98 Å². The molecule has 4 rings (SSSR count). The van der Waals surface area contributed by atoms with Crippen LogP contribution in [0, 0.1) is 12.7 Å². The Morgan fingerprint density at radius 1 is 1.10 bits per heavy atom. The Kier molecular flexibility index (Phi) is 5.28. The van der Waals surface area contributed by atoms with E-state index in [-0.39, 0.29) is 11.4 Å². The van der Waals surface area contributed by atoms with Crippen LogP contribution >= 0.6 is 0 Å². The average Bonchev–Trinajstić information content (AvgIpc) is 2.72. The molecular weight excluding hydrogens is 417 g/mol. The molecule has 0 aliphatic heterocycles. The summed E-state index contributed by atoms with van der Waals surface area (Å²) in [6.07, 6.45) is 5.91. The number of nitrogens with two attached hydrogens (primary N) is 1. The van der Waals surface area contributed by atoms with E-state index in [1.54, 1.807) is 48.8 Å². The van der Waals surface area contributed by atoms with Crippen LogP contribution in [0.2, 0.25) is 0 Å². The third-order valence-corrected chi connectivity index (χ3v) is 5.69. The second-order valence-corrected chi connectivity index (χ2v) is 9.50. The normalized spacial score (nSPS) is 11.6. The fourth-order valence-corrected chi connectivity index (χ4v) is 4.09. The van der Waals surface area contributed by atoms with Gasteiger partial charge in [0, 0.05) is 47.0 Å². The first-order chi connectivity index (χ1) is 14.7. The maximum Gasteiger partial charge on any atom is 0.227 e. The summed E-state index contributed by atoms with van der Waals surface area (Å²) >= 11 is 0. The highest BCUT2D eigenvalue weighted by Gasteiger charge is 2.16. The number of benzene rings is 2. The Morgan fingerprint density at radius 2 is 1.84 bits per heavy atom. The van der Waals surface area contributed by atoms with Crippen molar-refractivity contribution in [2.75, 3.05) is 17.3 Å². The molecule has 4 aromatic rings. The molecule has 9 heteroatoms. The first kappa shape index (κ1) is 20.7. The Morgan fingerprint density at radius 3 is 2.52 bits per heavy atom. The van der Waals surface area contributed by atoms with E-state index >= 15 is 0 Å². The number of nitrogens with zero attached hydrogens (tertiary/aromatic N) is 3. The molecule has 7 nitrogen and oxygen atoms in total. The van der Waals surface area contributed by atoms with Crippen molar-refractivity contribution < 1.29 is 12.8 Å². The molecule has 0 bridgehead atoms. The van der Waals surface area contributed by atoms with E-state index in [9.17, 15) is 12.8 Å². The van der Waals surface area contributed by atoms with E-state index in [1.807, 2.05) is 6.92 Å². The van der Waals surface area contributed by atoms with Gasteiger partial charge in [-0.05, 0) is 42.3 Å². The van der Waals surface area contributed by atoms with Gasteiger partial charge in [0.05, 0.1) is 17.0 Å². The topological polar surface area (TPSA) is 111 Å². The number of sulfone groups is 1. The van der Waals surface area contributed by atoms with Crippen molar-refractivity contribution >= 4 is 38.1 Å². The van der Waals surface area contributed by atoms with Gasteiger partial charge in [-0.1, -0.05) is 12.1 Å². The Bertz CT molecular complexity index is 1390. The lowest BCUT2D eigenvalue weighted by atomic mass is 10.00. The quantitative estimate of drug-likeness (QED) is 0.454. The number of hydrogen-bond donors (Lipinski definition) is 2. The highest BCUT2D eigenvalue weighted by molar-refractivity contribution is 7.89. The predicted octanol–water partition coefficient (Wildman–Crippen LogP) is 4.01. The number of halogens is 1. The van der Waals surface area contributed by atoms with Crippen LogP contribution in [0.15, 0.2) is 55.0 Å². The van der Waals surface area contributed by atoms with Crippen LogP contribution in [-0.4, -0.2) is 29.6 Å². The number of rotatable bonds is 5. The largest absolute Gasteiger partial charge is 0.396 e. The first-order valence-corrected chi connectivity index (χ1v) is 11.5. The number of nitrogen functional groups attached to an aromatic ring is 1. The highest BCUT2D eigenvalue weighted by atomic mass is 32.2. The molecule has 2 aromatic carbocycles. The van der Waals surface area contributed by atoms with Crippen molar-refractivity contribution in [1.82, 2.24) is 15.0 Å². The SMILES string of the molecule is Cc1ccncc1-c1cc2nc(Nc3ccc(CS(C)(=O)=O)cc3)ncc2c(N)c1F. The molecule has 0 saturated carbocycles. The highest BCUT2D eigenvalue weighted by Crippen LogP contribution is 2.34.